The van der Waals surface area contributed by atoms with Crippen molar-refractivity contribution in [1.29, 1.82) is 0 Å². The minimum atomic E-state index is 0.466. The third kappa shape index (κ3) is 4.11. The minimum absolute atomic E-state index is 0.466. The Balaban J connectivity index is 1.62. The largest absolute Gasteiger partial charge is 0.380 e. The van der Waals surface area contributed by atoms with E-state index in [-0.39, 0.29) is 0 Å². The lowest BCUT2D eigenvalue weighted by atomic mass is 10.0. The molecule has 2 aromatic heterocycles. The van der Waals surface area contributed by atoms with E-state index >= 15 is 0 Å². The summed E-state index contributed by atoms with van der Waals surface area (Å²) in [5.74, 6) is 1.30. The van der Waals surface area contributed by atoms with Gasteiger partial charge in [-0.1, -0.05) is 0 Å². The van der Waals surface area contributed by atoms with Gasteiger partial charge in [-0.2, -0.15) is 5.10 Å². The van der Waals surface area contributed by atoms with Crippen LogP contribution in [0, 0.1) is 12.8 Å². The molecule has 0 saturated carbocycles. The van der Waals surface area contributed by atoms with E-state index in [1.165, 1.54) is 5.56 Å². The molecule has 0 unspecified atom stereocenters. The molecule has 0 amide bonds. The first-order valence-corrected chi connectivity index (χ1v) is 7.75. The van der Waals surface area contributed by atoms with Gasteiger partial charge in [-0.15, -0.1) is 0 Å². The monoisotopic (exact) mass is 301 g/mol. The molecular formula is C16H23N5O. The van der Waals surface area contributed by atoms with E-state index in [0.29, 0.717) is 5.92 Å². The Morgan fingerprint density at radius 3 is 3.09 bits per heavy atom. The topological polar surface area (TPSA) is 56.1 Å². The SMILES string of the molecule is Cc1nccc(C[C@@H]2COCCN(Cc3cnn(C)c3)C2)n1. The summed E-state index contributed by atoms with van der Waals surface area (Å²) in [6, 6.07) is 2.00. The first kappa shape index (κ1) is 15.1. The maximum absolute atomic E-state index is 5.78. The summed E-state index contributed by atoms with van der Waals surface area (Å²) in [4.78, 5) is 11.1. The van der Waals surface area contributed by atoms with Crippen molar-refractivity contribution < 1.29 is 4.74 Å². The van der Waals surface area contributed by atoms with Crippen LogP contribution in [0.4, 0.5) is 0 Å². The summed E-state index contributed by atoms with van der Waals surface area (Å²) in [7, 11) is 1.95. The molecule has 1 aliphatic rings. The van der Waals surface area contributed by atoms with Gasteiger partial charge < -0.3 is 4.74 Å². The van der Waals surface area contributed by atoms with Gasteiger partial charge in [0.05, 0.1) is 19.4 Å². The molecule has 0 N–H and O–H groups in total. The lowest BCUT2D eigenvalue weighted by molar-refractivity contribution is 0.121. The van der Waals surface area contributed by atoms with Gasteiger partial charge in [0.2, 0.25) is 0 Å². The van der Waals surface area contributed by atoms with Crippen LogP contribution in [0.25, 0.3) is 0 Å². The predicted octanol–water partition coefficient (Wildman–Crippen LogP) is 1.21. The third-order valence-corrected chi connectivity index (χ3v) is 3.92. The van der Waals surface area contributed by atoms with Crippen molar-refractivity contribution in [3.05, 3.63) is 41.7 Å². The Morgan fingerprint density at radius 1 is 1.41 bits per heavy atom. The fourth-order valence-corrected chi connectivity index (χ4v) is 2.95. The average Bonchev–Trinajstić information content (AvgIpc) is 2.75. The van der Waals surface area contributed by atoms with Crippen LogP contribution < -0.4 is 0 Å². The first-order chi connectivity index (χ1) is 10.7. The molecule has 0 aliphatic carbocycles. The van der Waals surface area contributed by atoms with Gasteiger partial charge >= 0.3 is 0 Å². The van der Waals surface area contributed by atoms with E-state index in [0.717, 1.165) is 50.8 Å². The fourth-order valence-electron chi connectivity index (χ4n) is 2.95. The Bertz CT molecular complexity index is 612. The number of hydrogen-bond donors (Lipinski definition) is 0. The number of hydrogen-bond acceptors (Lipinski definition) is 5. The van der Waals surface area contributed by atoms with Gasteiger partial charge in [-0.25, -0.2) is 9.97 Å². The number of aryl methyl sites for hydroxylation is 2. The molecule has 22 heavy (non-hydrogen) atoms. The molecule has 3 heterocycles. The number of aromatic nitrogens is 4. The zero-order valence-electron chi connectivity index (χ0n) is 13.3. The highest BCUT2D eigenvalue weighted by molar-refractivity contribution is 5.05. The molecule has 0 bridgehead atoms. The highest BCUT2D eigenvalue weighted by Crippen LogP contribution is 2.14. The van der Waals surface area contributed by atoms with Crippen LogP contribution in [-0.2, 0) is 24.8 Å². The number of ether oxygens (including phenoxy) is 1. The van der Waals surface area contributed by atoms with Crippen LogP contribution in [0.15, 0.2) is 24.7 Å². The van der Waals surface area contributed by atoms with Gasteiger partial charge in [0.25, 0.3) is 0 Å². The van der Waals surface area contributed by atoms with Crippen LogP contribution >= 0.6 is 0 Å². The highest BCUT2D eigenvalue weighted by atomic mass is 16.5. The first-order valence-electron chi connectivity index (χ1n) is 7.75. The normalized spacial score (nSPS) is 20.0. The predicted molar refractivity (Wildman–Crippen MR) is 83.3 cm³/mol. The second-order valence-electron chi connectivity index (χ2n) is 6.00. The summed E-state index contributed by atoms with van der Waals surface area (Å²) in [6.45, 7) is 6.44. The van der Waals surface area contributed by atoms with E-state index in [2.05, 4.69) is 26.2 Å². The summed E-state index contributed by atoms with van der Waals surface area (Å²) in [5, 5.41) is 4.24. The van der Waals surface area contributed by atoms with Gasteiger partial charge in [-0.3, -0.25) is 9.58 Å². The Hall–Kier alpha value is -1.79. The molecule has 1 aliphatic heterocycles. The second kappa shape index (κ2) is 6.98. The van der Waals surface area contributed by atoms with E-state index in [9.17, 15) is 0 Å². The summed E-state index contributed by atoms with van der Waals surface area (Å²) in [5.41, 5.74) is 2.35. The maximum atomic E-state index is 5.78. The van der Waals surface area contributed by atoms with E-state index < -0.39 is 0 Å². The Labute approximate surface area is 131 Å². The maximum Gasteiger partial charge on any atom is 0.125 e. The molecule has 2 aromatic rings. The van der Waals surface area contributed by atoms with Crippen LogP contribution in [-0.4, -0.2) is 51.0 Å². The molecule has 6 heteroatoms. The molecule has 1 atom stereocenters. The van der Waals surface area contributed by atoms with Crippen molar-refractivity contribution in [2.24, 2.45) is 13.0 Å². The van der Waals surface area contributed by atoms with Crippen molar-refractivity contribution in [3.63, 3.8) is 0 Å². The van der Waals surface area contributed by atoms with Crippen LogP contribution in [0.3, 0.4) is 0 Å². The highest BCUT2D eigenvalue weighted by Gasteiger charge is 2.20. The molecule has 1 saturated heterocycles. The lowest BCUT2D eigenvalue weighted by Crippen LogP contribution is -2.30. The zero-order chi connectivity index (χ0) is 15.4. The van der Waals surface area contributed by atoms with Crippen molar-refractivity contribution in [2.75, 3.05) is 26.3 Å². The molecule has 6 nitrogen and oxygen atoms in total. The standard InChI is InChI=1S/C16H23N5O/c1-13-17-4-3-16(19-13)7-14-10-21(5-6-22-12-14)11-15-8-18-20(2)9-15/h3-4,8-9,14H,5-7,10-12H2,1-2H3/t14-/m0/s1. The van der Waals surface area contributed by atoms with Crippen molar-refractivity contribution >= 4 is 0 Å². The average molecular weight is 301 g/mol. The number of rotatable bonds is 4. The summed E-state index contributed by atoms with van der Waals surface area (Å²) >= 11 is 0. The molecule has 1 fully saturated rings. The van der Waals surface area contributed by atoms with E-state index in [1.807, 2.05) is 37.1 Å². The van der Waals surface area contributed by atoms with Crippen LogP contribution in [0.2, 0.25) is 0 Å². The fraction of sp³-hybridized carbons (Fsp3) is 0.562. The van der Waals surface area contributed by atoms with Crippen molar-refractivity contribution in [2.45, 2.75) is 19.9 Å². The van der Waals surface area contributed by atoms with Crippen molar-refractivity contribution in [1.82, 2.24) is 24.6 Å². The van der Waals surface area contributed by atoms with Gasteiger partial charge in [-0.05, 0) is 19.4 Å². The molecule has 118 valence electrons. The van der Waals surface area contributed by atoms with Gasteiger partial charge in [0.15, 0.2) is 0 Å². The quantitative estimate of drug-likeness (QED) is 0.849. The Kier molecular flexibility index (Phi) is 4.80. The van der Waals surface area contributed by atoms with Gasteiger partial charge in [0.1, 0.15) is 5.82 Å². The lowest BCUT2D eigenvalue weighted by Gasteiger charge is -2.22. The van der Waals surface area contributed by atoms with E-state index in [4.69, 9.17) is 4.74 Å². The van der Waals surface area contributed by atoms with Crippen molar-refractivity contribution in [3.8, 4) is 0 Å². The molecule has 0 spiro atoms. The molecule has 0 radical (unpaired) electrons. The number of nitrogens with zero attached hydrogens (tertiary/aromatic N) is 5. The smallest absolute Gasteiger partial charge is 0.125 e. The van der Waals surface area contributed by atoms with Crippen LogP contribution in [0.1, 0.15) is 17.1 Å². The van der Waals surface area contributed by atoms with Crippen LogP contribution in [0.5, 0.6) is 0 Å². The molecule has 0 aromatic carbocycles. The summed E-state index contributed by atoms with van der Waals surface area (Å²) < 4.78 is 7.63. The molecular weight excluding hydrogens is 278 g/mol. The summed E-state index contributed by atoms with van der Waals surface area (Å²) in [6.07, 6.45) is 6.79. The zero-order valence-corrected chi connectivity index (χ0v) is 13.3. The van der Waals surface area contributed by atoms with Gasteiger partial charge in [0, 0.05) is 56.3 Å². The molecule has 3 rings (SSSR count). The second-order valence-corrected chi connectivity index (χ2v) is 6.00. The third-order valence-electron chi connectivity index (χ3n) is 3.92. The Morgan fingerprint density at radius 2 is 2.32 bits per heavy atom. The minimum Gasteiger partial charge on any atom is -0.380 e. The van der Waals surface area contributed by atoms with E-state index in [1.54, 1.807) is 0 Å².